The Bertz CT molecular complexity index is 670. The Morgan fingerprint density at radius 2 is 1.53 bits per heavy atom. The average molecular weight is 425 g/mol. The topological polar surface area (TPSA) is 9.23 Å². The quantitative estimate of drug-likeness (QED) is 0.188. The van der Waals surface area contributed by atoms with Crippen molar-refractivity contribution in [2.24, 2.45) is 17.8 Å². The lowest BCUT2D eigenvalue weighted by Crippen LogP contribution is -2.21. The molecule has 0 aromatic carbocycles. The number of rotatable bonds is 15. The molecule has 0 aromatic rings. The first-order chi connectivity index (χ1) is 13.8. The van der Waals surface area contributed by atoms with E-state index in [1.54, 1.807) is 6.92 Å². The minimum absolute atomic E-state index is 0.108. The summed E-state index contributed by atoms with van der Waals surface area (Å²) in [6, 6.07) is 0. The van der Waals surface area contributed by atoms with Crippen molar-refractivity contribution in [2.75, 3.05) is 0 Å². The van der Waals surface area contributed by atoms with Crippen molar-refractivity contribution < 1.29 is 17.9 Å². The third-order valence-electron chi connectivity index (χ3n) is 5.43. The standard InChI is InChI=1S/C26H39F3O/c1-10-11-12-19(4)20(5)14-15-21(6)24(9)25(27)17-23(8)30-26(28,29)22(7)16-13-18(2)3/h13,16-17,19-21H,2,7-12,14-15H2,1,3-6H3/b16-13-,25-17+. The fraction of sp³-hybridized carbons (Fsp3) is 0.538. The minimum atomic E-state index is -3.70. The van der Waals surface area contributed by atoms with Crippen molar-refractivity contribution in [3.8, 4) is 0 Å². The van der Waals surface area contributed by atoms with Gasteiger partial charge in [-0.25, -0.2) is 4.39 Å². The first kappa shape index (κ1) is 28.0. The molecule has 0 aliphatic heterocycles. The fourth-order valence-electron chi connectivity index (χ4n) is 2.85. The van der Waals surface area contributed by atoms with E-state index in [0.717, 1.165) is 25.0 Å². The van der Waals surface area contributed by atoms with Gasteiger partial charge in [0.1, 0.15) is 11.6 Å². The summed E-state index contributed by atoms with van der Waals surface area (Å²) in [6.07, 6.45) is 5.00. The molecule has 0 aliphatic rings. The SMILES string of the molecule is C=C(C)/C=C\C(=C)C(F)(F)OC(=C)/C=C(/F)C(=C)C(C)CCC(C)C(C)CCCC. The van der Waals surface area contributed by atoms with Crippen LogP contribution in [0.1, 0.15) is 66.7 Å². The first-order valence-electron chi connectivity index (χ1n) is 10.7. The molecule has 0 spiro atoms. The van der Waals surface area contributed by atoms with E-state index in [-0.39, 0.29) is 11.5 Å². The highest BCUT2D eigenvalue weighted by atomic mass is 19.3. The smallest absolute Gasteiger partial charge is 0.426 e. The van der Waals surface area contributed by atoms with Gasteiger partial charge in [-0.3, -0.25) is 0 Å². The Kier molecular flexibility index (Phi) is 12.5. The highest BCUT2D eigenvalue weighted by Gasteiger charge is 2.34. The molecule has 4 heteroatoms. The van der Waals surface area contributed by atoms with E-state index in [9.17, 15) is 13.2 Å². The molecule has 0 radical (unpaired) electrons. The van der Waals surface area contributed by atoms with E-state index in [0.29, 0.717) is 17.4 Å². The summed E-state index contributed by atoms with van der Waals surface area (Å²) in [4.78, 5) is 0. The molecule has 0 N–H and O–H groups in total. The highest BCUT2D eigenvalue weighted by Crippen LogP contribution is 2.31. The van der Waals surface area contributed by atoms with Crippen molar-refractivity contribution in [3.05, 3.63) is 72.8 Å². The molecule has 3 atom stereocenters. The Balaban J connectivity index is 4.81. The van der Waals surface area contributed by atoms with Gasteiger partial charge in [0.25, 0.3) is 0 Å². The zero-order valence-corrected chi connectivity index (χ0v) is 19.4. The summed E-state index contributed by atoms with van der Waals surface area (Å²) >= 11 is 0. The van der Waals surface area contributed by atoms with E-state index in [1.807, 2.05) is 6.92 Å². The van der Waals surface area contributed by atoms with Crippen LogP contribution in [0.25, 0.3) is 0 Å². The number of alkyl halides is 2. The van der Waals surface area contributed by atoms with E-state index < -0.39 is 23.3 Å². The number of halogens is 3. The zero-order valence-electron chi connectivity index (χ0n) is 19.4. The van der Waals surface area contributed by atoms with Crippen LogP contribution in [0.15, 0.2) is 72.8 Å². The Morgan fingerprint density at radius 3 is 2.07 bits per heavy atom. The number of ether oxygens (including phenoxy) is 1. The zero-order chi connectivity index (χ0) is 23.5. The van der Waals surface area contributed by atoms with Gasteiger partial charge in [0, 0.05) is 6.08 Å². The van der Waals surface area contributed by atoms with Crippen LogP contribution in [0.2, 0.25) is 0 Å². The molecule has 1 nitrogen and oxygen atoms in total. The van der Waals surface area contributed by atoms with Gasteiger partial charge in [-0.15, -0.1) is 0 Å². The summed E-state index contributed by atoms with van der Waals surface area (Å²) in [5.41, 5.74) is 0.285. The maximum absolute atomic E-state index is 14.5. The van der Waals surface area contributed by atoms with Crippen LogP contribution in [0.4, 0.5) is 13.2 Å². The van der Waals surface area contributed by atoms with Crippen molar-refractivity contribution >= 4 is 0 Å². The molecule has 170 valence electrons. The molecule has 0 saturated carbocycles. The van der Waals surface area contributed by atoms with Crippen LogP contribution in [0.3, 0.4) is 0 Å². The third-order valence-corrected chi connectivity index (χ3v) is 5.43. The molecule has 3 unspecified atom stereocenters. The first-order valence-corrected chi connectivity index (χ1v) is 10.7. The van der Waals surface area contributed by atoms with Crippen LogP contribution < -0.4 is 0 Å². The summed E-state index contributed by atoms with van der Waals surface area (Å²) < 4.78 is 47.2. The lowest BCUT2D eigenvalue weighted by molar-refractivity contribution is -0.175. The normalized spacial score (nSPS) is 15.5. The molecule has 0 amide bonds. The summed E-state index contributed by atoms with van der Waals surface area (Å²) in [6.45, 7) is 24.3. The predicted octanol–water partition coefficient (Wildman–Crippen LogP) is 9.09. The van der Waals surface area contributed by atoms with Crippen LogP contribution in [-0.2, 0) is 4.74 Å². The Labute approximate surface area is 181 Å². The fourth-order valence-corrected chi connectivity index (χ4v) is 2.85. The highest BCUT2D eigenvalue weighted by molar-refractivity contribution is 5.31. The van der Waals surface area contributed by atoms with Gasteiger partial charge < -0.3 is 4.74 Å². The molecular weight excluding hydrogens is 385 g/mol. The second-order valence-corrected chi connectivity index (χ2v) is 8.38. The summed E-state index contributed by atoms with van der Waals surface area (Å²) in [5.74, 6) is -0.137. The molecule has 30 heavy (non-hydrogen) atoms. The lowest BCUT2D eigenvalue weighted by atomic mass is 9.84. The molecule has 0 aromatic heterocycles. The van der Waals surface area contributed by atoms with E-state index in [1.165, 1.54) is 25.3 Å². The summed E-state index contributed by atoms with van der Waals surface area (Å²) in [5, 5.41) is 0. The van der Waals surface area contributed by atoms with Crippen LogP contribution in [0.5, 0.6) is 0 Å². The van der Waals surface area contributed by atoms with Gasteiger partial charge in [-0.2, -0.15) is 8.78 Å². The number of allylic oxidation sites excluding steroid dienone is 5. The lowest BCUT2D eigenvalue weighted by Gasteiger charge is -2.22. The van der Waals surface area contributed by atoms with Crippen molar-refractivity contribution in [3.63, 3.8) is 0 Å². The molecule has 0 rings (SSSR count). The molecule has 0 fully saturated rings. The molecule has 0 saturated heterocycles. The van der Waals surface area contributed by atoms with Gasteiger partial charge in [0.15, 0.2) is 0 Å². The second kappa shape index (κ2) is 13.4. The van der Waals surface area contributed by atoms with Crippen molar-refractivity contribution in [1.82, 2.24) is 0 Å². The predicted molar refractivity (Wildman–Crippen MR) is 123 cm³/mol. The number of unbranched alkanes of at least 4 members (excludes halogenated alkanes) is 1. The summed E-state index contributed by atoms with van der Waals surface area (Å²) in [7, 11) is 0. The van der Waals surface area contributed by atoms with Crippen LogP contribution >= 0.6 is 0 Å². The van der Waals surface area contributed by atoms with Gasteiger partial charge in [-0.05, 0) is 49.2 Å². The maximum Gasteiger partial charge on any atom is 0.426 e. The van der Waals surface area contributed by atoms with Gasteiger partial charge in [0.05, 0.1) is 5.57 Å². The van der Waals surface area contributed by atoms with E-state index in [2.05, 4.69) is 51.8 Å². The van der Waals surface area contributed by atoms with Gasteiger partial charge >= 0.3 is 6.11 Å². The van der Waals surface area contributed by atoms with Crippen molar-refractivity contribution in [1.29, 1.82) is 0 Å². The van der Waals surface area contributed by atoms with E-state index >= 15 is 0 Å². The molecular formula is C26H39F3O. The van der Waals surface area contributed by atoms with E-state index in [4.69, 9.17) is 0 Å². The minimum Gasteiger partial charge on any atom is -0.429 e. The number of hydrogen-bond donors (Lipinski definition) is 0. The average Bonchev–Trinajstić information content (AvgIpc) is 2.66. The Morgan fingerprint density at radius 1 is 0.967 bits per heavy atom. The van der Waals surface area contributed by atoms with Gasteiger partial charge in [-0.1, -0.05) is 84.9 Å². The van der Waals surface area contributed by atoms with Crippen molar-refractivity contribution in [2.45, 2.75) is 72.8 Å². The largest absolute Gasteiger partial charge is 0.429 e. The third kappa shape index (κ3) is 10.7. The Hall–Kier alpha value is -1.97. The molecule has 0 aliphatic carbocycles. The second-order valence-electron chi connectivity index (χ2n) is 8.38. The van der Waals surface area contributed by atoms with Gasteiger partial charge in [0.2, 0.25) is 0 Å². The molecule has 0 heterocycles. The monoisotopic (exact) mass is 424 g/mol. The molecule has 0 bridgehead atoms. The number of hydrogen-bond acceptors (Lipinski definition) is 1. The van der Waals surface area contributed by atoms with Crippen LogP contribution in [0, 0.1) is 17.8 Å². The maximum atomic E-state index is 14.5. The van der Waals surface area contributed by atoms with Crippen LogP contribution in [-0.4, -0.2) is 6.11 Å².